The molecule has 0 fully saturated rings. The van der Waals surface area contributed by atoms with E-state index in [2.05, 4.69) is 0 Å². The molecule has 0 aliphatic carbocycles. The number of primary amides is 1. The molecule has 0 heterocycles. The summed E-state index contributed by atoms with van der Waals surface area (Å²) in [5, 5.41) is 0. The van der Waals surface area contributed by atoms with Gasteiger partial charge in [-0.25, -0.2) is 4.79 Å². The van der Waals surface area contributed by atoms with Crippen molar-refractivity contribution < 1.29 is 14.3 Å². The van der Waals surface area contributed by atoms with E-state index in [4.69, 9.17) is 10.5 Å². The van der Waals surface area contributed by atoms with E-state index in [1.54, 1.807) is 0 Å². The number of ether oxygens (including phenoxy) is 1. The minimum Gasteiger partial charge on any atom is -0.443 e. The van der Waals surface area contributed by atoms with Gasteiger partial charge in [-0.1, -0.05) is 13.3 Å². The van der Waals surface area contributed by atoms with E-state index in [0.717, 1.165) is 25.5 Å². The molecule has 0 aromatic carbocycles. The second-order valence-corrected chi connectivity index (χ2v) is 4.38. The standard InChI is InChI=1S/C11H21NO3/c1-9(7-5-4-6-8-13)11(2,3)15-10(12)14/h8-9H,4-7H2,1-3H3,(H2,12,14). The van der Waals surface area contributed by atoms with E-state index in [1.165, 1.54) is 0 Å². The zero-order valence-electron chi connectivity index (χ0n) is 9.79. The van der Waals surface area contributed by atoms with Crippen molar-refractivity contribution in [1.29, 1.82) is 0 Å². The van der Waals surface area contributed by atoms with Gasteiger partial charge in [0.15, 0.2) is 0 Å². The van der Waals surface area contributed by atoms with Gasteiger partial charge in [-0.05, 0) is 32.6 Å². The van der Waals surface area contributed by atoms with Gasteiger partial charge in [0.05, 0.1) is 0 Å². The fourth-order valence-electron chi connectivity index (χ4n) is 1.39. The van der Waals surface area contributed by atoms with E-state index in [9.17, 15) is 9.59 Å². The van der Waals surface area contributed by atoms with Gasteiger partial charge in [0.25, 0.3) is 0 Å². The van der Waals surface area contributed by atoms with Crippen molar-refractivity contribution in [1.82, 2.24) is 0 Å². The molecule has 0 bridgehead atoms. The van der Waals surface area contributed by atoms with E-state index in [-0.39, 0.29) is 5.92 Å². The Labute approximate surface area is 91.2 Å². The lowest BCUT2D eigenvalue weighted by Crippen LogP contribution is -2.37. The molecule has 1 unspecified atom stereocenters. The number of carbonyl (C=O) groups is 2. The monoisotopic (exact) mass is 215 g/mol. The van der Waals surface area contributed by atoms with Crippen molar-refractivity contribution >= 4 is 12.4 Å². The van der Waals surface area contributed by atoms with Crippen molar-refractivity contribution in [3.05, 3.63) is 0 Å². The number of hydrogen-bond donors (Lipinski definition) is 1. The minimum atomic E-state index is -0.736. The number of aldehydes is 1. The average Bonchev–Trinajstić information content (AvgIpc) is 2.10. The second kappa shape index (κ2) is 6.43. The van der Waals surface area contributed by atoms with Crippen molar-refractivity contribution in [3.63, 3.8) is 0 Å². The Bertz CT molecular complexity index is 214. The highest BCUT2D eigenvalue weighted by Gasteiger charge is 2.28. The Hall–Kier alpha value is -1.06. The summed E-state index contributed by atoms with van der Waals surface area (Å²) in [5.74, 6) is 0.233. The molecule has 0 aromatic rings. The van der Waals surface area contributed by atoms with Gasteiger partial charge >= 0.3 is 6.09 Å². The number of carbonyl (C=O) groups excluding carboxylic acids is 2. The molecule has 88 valence electrons. The summed E-state index contributed by atoms with van der Waals surface area (Å²) in [6, 6.07) is 0. The number of rotatable bonds is 7. The molecular formula is C11H21NO3. The van der Waals surface area contributed by atoms with Gasteiger partial charge in [-0.3, -0.25) is 0 Å². The van der Waals surface area contributed by atoms with Crippen LogP contribution in [0.15, 0.2) is 0 Å². The predicted molar refractivity (Wildman–Crippen MR) is 58.4 cm³/mol. The third-order valence-electron chi connectivity index (χ3n) is 2.76. The molecule has 15 heavy (non-hydrogen) atoms. The van der Waals surface area contributed by atoms with Crippen molar-refractivity contribution in [2.45, 2.75) is 52.1 Å². The van der Waals surface area contributed by atoms with Crippen LogP contribution in [0, 0.1) is 5.92 Å². The van der Waals surface area contributed by atoms with Crippen LogP contribution in [0.25, 0.3) is 0 Å². The molecule has 0 spiro atoms. The summed E-state index contributed by atoms with van der Waals surface area (Å²) >= 11 is 0. The lowest BCUT2D eigenvalue weighted by molar-refractivity contribution is -0.107. The van der Waals surface area contributed by atoms with E-state index >= 15 is 0 Å². The first-order chi connectivity index (χ1) is 6.90. The molecule has 1 amide bonds. The first-order valence-corrected chi connectivity index (χ1v) is 5.32. The number of nitrogens with two attached hydrogens (primary N) is 1. The summed E-state index contributed by atoms with van der Waals surface area (Å²) in [4.78, 5) is 20.8. The van der Waals surface area contributed by atoms with Crippen LogP contribution < -0.4 is 5.73 Å². The summed E-state index contributed by atoms with van der Waals surface area (Å²) in [7, 11) is 0. The van der Waals surface area contributed by atoms with Crippen LogP contribution in [-0.4, -0.2) is 18.0 Å². The molecule has 0 radical (unpaired) electrons. The van der Waals surface area contributed by atoms with Crippen LogP contribution in [0.3, 0.4) is 0 Å². The number of hydrogen-bond acceptors (Lipinski definition) is 3. The lowest BCUT2D eigenvalue weighted by Gasteiger charge is -2.30. The maximum atomic E-state index is 10.6. The number of amides is 1. The van der Waals surface area contributed by atoms with Crippen LogP contribution in [-0.2, 0) is 9.53 Å². The largest absolute Gasteiger partial charge is 0.443 e. The molecule has 0 saturated heterocycles. The number of unbranched alkanes of at least 4 members (excludes halogenated alkanes) is 2. The summed E-state index contributed by atoms with van der Waals surface area (Å²) in [6.07, 6.45) is 3.57. The van der Waals surface area contributed by atoms with Gasteiger partial charge in [0.1, 0.15) is 11.9 Å². The molecule has 0 saturated carbocycles. The summed E-state index contributed by atoms with van der Waals surface area (Å²) in [5.41, 5.74) is 4.45. The van der Waals surface area contributed by atoms with Gasteiger partial charge in [0.2, 0.25) is 0 Å². The molecule has 0 aromatic heterocycles. The molecule has 1 atom stereocenters. The van der Waals surface area contributed by atoms with Gasteiger partial charge in [-0.15, -0.1) is 0 Å². The smallest absolute Gasteiger partial charge is 0.405 e. The molecular weight excluding hydrogens is 194 g/mol. The van der Waals surface area contributed by atoms with Gasteiger partial charge in [-0.2, -0.15) is 0 Å². The van der Waals surface area contributed by atoms with Crippen LogP contribution in [0.1, 0.15) is 46.5 Å². The summed E-state index contributed by atoms with van der Waals surface area (Å²) in [6.45, 7) is 5.72. The predicted octanol–water partition coefficient (Wildman–Crippen LogP) is 2.26. The lowest BCUT2D eigenvalue weighted by atomic mass is 9.88. The van der Waals surface area contributed by atoms with Crippen molar-refractivity contribution in [2.24, 2.45) is 11.7 Å². The van der Waals surface area contributed by atoms with Crippen LogP contribution >= 0.6 is 0 Å². The maximum Gasteiger partial charge on any atom is 0.405 e. The van der Waals surface area contributed by atoms with Crippen LogP contribution in [0.5, 0.6) is 0 Å². The zero-order valence-corrected chi connectivity index (χ0v) is 9.79. The van der Waals surface area contributed by atoms with E-state index in [1.807, 2.05) is 20.8 Å². The SMILES string of the molecule is CC(CCCCC=O)C(C)(C)OC(N)=O. The molecule has 0 aliphatic heterocycles. The average molecular weight is 215 g/mol. The highest BCUT2D eigenvalue weighted by atomic mass is 16.6. The normalized spacial score (nSPS) is 13.3. The third-order valence-corrected chi connectivity index (χ3v) is 2.76. The third kappa shape index (κ3) is 6.10. The Morgan fingerprint density at radius 3 is 2.53 bits per heavy atom. The molecule has 0 rings (SSSR count). The highest BCUT2D eigenvalue weighted by Crippen LogP contribution is 2.25. The Kier molecular flexibility index (Phi) is 5.97. The minimum absolute atomic E-state index is 0.233. The molecule has 2 N–H and O–H groups in total. The Morgan fingerprint density at radius 2 is 2.07 bits per heavy atom. The second-order valence-electron chi connectivity index (χ2n) is 4.38. The summed E-state index contributed by atoms with van der Waals surface area (Å²) < 4.78 is 5.03. The molecule has 4 heteroatoms. The van der Waals surface area contributed by atoms with Crippen LogP contribution in [0.4, 0.5) is 4.79 Å². The molecule has 0 aliphatic rings. The maximum absolute atomic E-state index is 10.6. The topological polar surface area (TPSA) is 69.4 Å². The van der Waals surface area contributed by atoms with Crippen LogP contribution in [0.2, 0.25) is 0 Å². The first-order valence-electron chi connectivity index (χ1n) is 5.32. The fourth-order valence-corrected chi connectivity index (χ4v) is 1.39. The highest BCUT2D eigenvalue weighted by molar-refractivity contribution is 5.65. The van der Waals surface area contributed by atoms with Crippen molar-refractivity contribution in [3.8, 4) is 0 Å². The first kappa shape index (κ1) is 13.9. The molecule has 4 nitrogen and oxygen atoms in total. The van der Waals surface area contributed by atoms with E-state index < -0.39 is 11.7 Å². The Morgan fingerprint density at radius 1 is 1.47 bits per heavy atom. The fraction of sp³-hybridized carbons (Fsp3) is 0.818. The Balaban J connectivity index is 3.90. The van der Waals surface area contributed by atoms with Gasteiger partial charge in [0, 0.05) is 6.42 Å². The zero-order chi connectivity index (χ0) is 11.9. The van der Waals surface area contributed by atoms with Gasteiger partial charge < -0.3 is 15.3 Å². The van der Waals surface area contributed by atoms with E-state index in [0.29, 0.717) is 6.42 Å². The van der Waals surface area contributed by atoms with Crippen molar-refractivity contribution in [2.75, 3.05) is 0 Å². The quantitative estimate of drug-likeness (QED) is 0.523.